The van der Waals surface area contributed by atoms with Crippen molar-refractivity contribution in [3.8, 4) is 0 Å². The van der Waals surface area contributed by atoms with Gasteiger partial charge in [0.15, 0.2) is 0 Å². The van der Waals surface area contributed by atoms with Crippen molar-refractivity contribution in [2.75, 3.05) is 0 Å². The molecule has 0 unspecified atom stereocenters. The number of rotatable bonds is 2. The summed E-state index contributed by atoms with van der Waals surface area (Å²) in [6, 6.07) is 0. The quantitative estimate of drug-likeness (QED) is 0.554. The molecular formula is C14H20O5. The molecule has 0 amide bonds. The van der Waals surface area contributed by atoms with Gasteiger partial charge >= 0.3 is 5.97 Å². The first-order valence-corrected chi connectivity index (χ1v) is 6.89. The molecule has 5 heteroatoms. The number of carbonyl (C=O) groups is 1. The molecule has 0 aromatic rings. The van der Waals surface area contributed by atoms with E-state index >= 15 is 0 Å². The van der Waals surface area contributed by atoms with Crippen LogP contribution in [0.2, 0.25) is 0 Å². The molecule has 1 aliphatic heterocycles. The van der Waals surface area contributed by atoms with Gasteiger partial charge in [0, 0.05) is 5.92 Å². The standard InChI is InChI=1S/C14H20O5/c1-6(2)18-14(17)12-11-7-5-9(16)13(12)19-10(11)4-3-8(7)15/h3-4,6-13,15-16H,5H2,1-2H3/t7-,8-,9-,10-,11+,12-,13+/m1/s1. The first-order valence-electron chi connectivity index (χ1n) is 6.89. The normalized spacial score (nSPS) is 47.5. The molecule has 1 saturated heterocycles. The van der Waals surface area contributed by atoms with Gasteiger partial charge in [-0.05, 0) is 26.2 Å². The highest BCUT2D eigenvalue weighted by Gasteiger charge is 2.59. The molecule has 106 valence electrons. The van der Waals surface area contributed by atoms with Crippen LogP contribution in [0.25, 0.3) is 0 Å². The molecule has 7 atom stereocenters. The summed E-state index contributed by atoms with van der Waals surface area (Å²) < 4.78 is 11.1. The summed E-state index contributed by atoms with van der Waals surface area (Å²) >= 11 is 0. The highest BCUT2D eigenvalue weighted by Crippen LogP contribution is 2.50. The molecule has 0 radical (unpaired) electrons. The molecule has 0 aromatic heterocycles. The van der Waals surface area contributed by atoms with Gasteiger partial charge in [-0.3, -0.25) is 4.79 Å². The number of ether oxygens (including phenoxy) is 2. The largest absolute Gasteiger partial charge is 0.463 e. The summed E-state index contributed by atoms with van der Waals surface area (Å²) in [5, 5.41) is 20.2. The lowest BCUT2D eigenvalue weighted by Gasteiger charge is -2.40. The molecule has 2 aliphatic carbocycles. The van der Waals surface area contributed by atoms with Crippen LogP contribution in [0.1, 0.15) is 20.3 Å². The van der Waals surface area contributed by atoms with Crippen LogP contribution in [0, 0.1) is 17.8 Å². The third-order valence-corrected chi connectivity index (χ3v) is 4.41. The Kier molecular flexibility index (Phi) is 3.15. The zero-order valence-corrected chi connectivity index (χ0v) is 11.1. The Balaban J connectivity index is 1.90. The molecule has 3 rings (SSSR count). The monoisotopic (exact) mass is 268 g/mol. The molecule has 1 saturated carbocycles. The smallest absolute Gasteiger partial charge is 0.312 e. The Morgan fingerprint density at radius 2 is 2.11 bits per heavy atom. The van der Waals surface area contributed by atoms with Crippen LogP contribution < -0.4 is 0 Å². The van der Waals surface area contributed by atoms with Crippen LogP contribution in [0.3, 0.4) is 0 Å². The fraction of sp³-hybridized carbons (Fsp3) is 0.786. The summed E-state index contributed by atoms with van der Waals surface area (Å²) in [6.45, 7) is 3.60. The predicted octanol–water partition coefficient (Wildman–Crippen LogP) is 0.249. The number of hydrogen-bond acceptors (Lipinski definition) is 5. The highest BCUT2D eigenvalue weighted by atomic mass is 16.6. The SMILES string of the molecule is CC(C)OC(=O)[C@H]1[C@H]2O[C@@H]3C=C[C@@H](O)[C@@H](C[C@H]2O)[C@H]13. The van der Waals surface area contributed by atoms with E-state index in [0.717, 1.165) is 0 Å². The maximum absolute atomic E-state index is 12.2. The van der Waals surface area contributed by atoms with E-state index in [2.05, 4.69) is 0 Å². The average Bonchev–Trinajstić information content (AvgIpc) is 2.67. The van der Waals surface area contributed by atoms with E-state index in [1.807, 2.05) is 0 Å². The van der Waals surface area contributed by atoms with Crippen molar-refractivity contribution in [3.05, 3.63) is 12.2 Å². The van der Waals surface area contributed by atoms with E-state index in [1.165, 1.54) is 0 Å². The van der Waals surface area contributed by atoms with Gasteiger partial charge in [0.25, 0.3) is 0 Å². The Labute approximate surface area is 112 Å². The van der Waals surface area contributed by atoms with Gasteiger partial charge in [-0.2, -0.15) is 0 Å². The van der Waals surface area contributed by atoms with E-state index < -0.39 is 24.2 Å². The van der Waals surface area contributed by atoms with Crippen LogP contribution in [0.4, 0.5) is 0 Å². The molecular weight excluding hydrogens is 248 g/mol. The van der Waals surface area contributed by atoms with Crippen molar-refractivity contribution >= 4 is 5.97 Å². The minimum atomic E-state index is -0.717. The molecule has 2 fully saturated rings. The Morgan fingerprint density at radius 1 is 1.37 bits per heavy atom. The summed E-state index contributed by atoms with van der Waals surface area (Å²) in [5.74, 6) is -1.01. The van der Waals surface area contributed by atoms with Gasteiger partial charge in [0.2, 0.25) is 0 Å². The Morgan fingerprint density at radius 3 is 2.79 bits per heavy atom. The second-order valence-corrected chi connectivity index (χ2v) is 6.00. The first kappa shape index (κ1) is 13.1. The molecule has 0 aromatic carbocycles. The van der Waals surface area contributed by atoms with Gasteiger partial charge in [0.1, 0.15) is 0 Å². The summed E-state index contributed by atoms with van der Waals surface area (Å²) in [5.41, 5.74) is 0. The Bertz CT molecular complexity index is 405. The molecule has 2 N–H and O–H groups in total. The minimum absolute atomic E-state index is 0.0837. The molecule has 5 nitrogen and oxygen atoms in total. The van der Waals surface area contributed by atoms with Crippen molar-refractivity contribution in [2.24, 2.45) is 17.8 Å². The number of carbonyl (C=O) groups excluding carboxylic acids is 1. The fourth-order valence-electron chi connectivity index (χ4n) is 3.70. The molecule has 19 heavy (non-hydrogen) atoms. The minimum Gasteiger partial charge on any atom is -0.463 e. The second kappa shape index (κ2) is 4.58. The van der Waals surface area contributed by atoms with E-state index in [0.29, 0.717) is 6.42 Å². The van der Waals surface area contributed by atoms with Gasteiger partial charge in [-0.1, -0.05) is 12.2 Å². The molecule has 3 aliphatic rings. The fourth-order valence-corrected chi connectivity index (χ4v) is 3.70. The van der Waals surface area contributed by atoms with Crippen LogP contribution in [0.5, 0.6) is 0 Å². The number of esters is 1. The van der Waals surface area contributed by atoms with E-state index in [4.69, 9.17) is 9.47 Å². The highest BCUT2D eigenvalue weighted by molar-refractivity contribution is 5.75. The summed E-state index contributed by atoms with van der Waals surface area (Å²) in [7, 11) is 0. The van der Waals surface area contributed by atoms with E-state index in [1.54, 1.807) is 26.0 Å². The Hall–Kier alpha value is -0.910. The lowest BCUT2D eigenvalue weighted by atomic mass is 9.65. The molecule has 1 heterocycles. The lowest BCUT2D eigenvalue weighted by Crippen LogP contribution is -2.50. The molecule has 2 bridgehead atoms. The number of aliphatic hydroxyl groups is 2. The number of hydrogen-bond donors (Lipinski definition) is 2. The number of aliphatic hydroxyl groups excluding tert-OH is 2. The number of fused-ring (bicyclic) bond motifs is 1. The topological polar surface area (TPSA) is 76.0 Å². The van der Waals surface area contributed by atoms with Crippen molar-refractivity contribution in [1.29, 1.82) is 0 Å². The van der Waals surface area contributed by atoms with Crippen LogP contribution in [-0.2, 0) is 14.3 Å². The van der Waals surface area contributed by atoms with Crippen LogP contribution >= 0.6 is 0 Å². The second-order valence-electron chi connectivity index (χ2n) is 6.00. The van der Waals surface area contributed by atoms with Crippen molar-refractivity contribution in [1.82, 2.24) is 0 Å². The van der Waals surface area contributed by atoms with Crippen LogP contribution in [-0.4, -0.2) is 46.7 Å². The zero-order valence-electron chi connectivity index (χ0n) is 11.1. The molecule has 0 spiro atoms. The zero-order chi connectivity index (χ0) is 13.7. The maximum atomic E-state index is 12.2. The average molecular weight is 268 g/mol. The van der Waals surface area contributed by atoms with Crippen molar-refractivity contribution < 1.29 is 24.5 Å². The maximum Gasteiger partial charge on any atom is 0.312 e. The third kappa shape index (κ3) is 2.00. The van der Waals surface area contributed by atoms with E-state index in [9.17, 15) is 15.0 Å². The van der Waals surface area contributed by atoms with Gasteiger partial charge < -0.3 is 19.7 Å². The van der Waals surface area contributed by atoms with Crippen molar-refractivity contribution in [2.45, 2.75) is 50.8 Å². The third-order valence-electron chi connectivity index (χ3n) is 4.41. The van der Waals surface area contributed by atoms with Gasteiger partial charge in [0.05, 0.1) is 36.4 Å². The lowest BCUT2D eigenvalue weighted by molar-refractivity contribution is -0.162. The first-order chi connectivity index (χ1) is 8.99. The van der Waals surface area contributed by atoms with Gasteiger partial charge in [-0.15, -0.1) is 0 Å². The van der Waals surface area contributed by atoms with E-state index in [-0.39, 0.29) is 30.0 Å². The van der Waals surface area contributed by atoms with Crippen LogP contribution in [0.15, 0.2) is 12.2 Å². The van der Waals surface area contributed by atoms with Crippen molar-refractivity contribution in [3.63, 3.8) is 0 Å². The van der Waals surface area contributed by atoms with Gasteiger partial charge in [-0.25, -0.2) is 0 Å². The summed E-state index contributed by atoms with van der Waals surface area (Å²) in [6.07, 6.45) is 1.76. The summed E-state index contributed by atoms with van der Waals surface area (Å²) in [4.78, 5) is 12.2. The predicted molar refractivity (Wildman–Crippen MR) is 66.1 cm³/mol.